The Labute approximate surface area is 80.2 Å². The van der Waals surface area contributed by atoms with E-state index in [1.165, 1.54) is 11.3 Å². The van der Waals surface area contributed by atoms with E-state index < -0.39 is 5.67 Å². The number of nitrogens with zero attached hydrogens (tertiary/aromatic N) is 2. The molecule has 1 saturated carbocycles. The van der Waals surface area contributed by atoms with Crippen LogP contribution in [-0.2, 0) is 6.42 Å². The summed E-state index contributed by atoms with van der Waals surface area (Å²) < 4.78 is 13.7. The summed E-state index contributed by atoms with van der Waals surface area (Å²) in [5.74, 6) is 0. The molecule has 0 unspecified atom stereocenters. The second-order valence-corrected chi connectivity index (χ2v) is 4.98. The lowest BCUT2D eigenvalue weighted by molar-refractivity contribution is 0.0442. The van der Waals surface area contributed by atoms with Gasteiger partial charge in [-0.1, -0.05) is 0 Å². The maximum atomic E-state index is 13.7. The minimum Gasteiger partial charge on any atom is -0.327 e. The van der Waals surface area contributed by atoms with Crippen LogP contribution in [0.2, 0.25) is 0 Å². The number of aryl methyl sites for hydroxylation is 1. The van der Waals surface area contributed by atoms with Crippen molar-refractivity contribution in [2.24, 2.45) is 5.73 Å². The molecule has 0 radical (unpaired) electrons. The van der Waals surface area contributed by atoms with Crippen molar-refractivity contribution in [1.82, 2.24) is 10.2 Å². The highest BCUT2D eigenvalue weighted by atomic mass is 32.1. The molecule has 1 aliphatic carbocycles. The molecule has 1 aromatic rings. The Hall–Kier alpha value is -0.550. The van der Waals surface area contributed by atoms with Crippen LogP contribution >= 0.6 is 11.3 Å². The highest BCUT2D eigenvalue weighted by Gasteiger charge is 2.43. The molecule has 1 heterocycles. The minimum absolute atomic E-state index is 0.0408. The number of hydrogen-bond donors (Lipinski definition) is 1. The Morgan fingerprint density at radius 2 is 2.31 bits per heavy atom. The van der Waals surface area contributed by atoms with E-state index in [9.17, 15) is 4.39 Å². The van der Waals surface area contributed by atoms with Crippen LogP contribution in [0.3, 0.4) is 0 Å². The van der Waals surface area contributed by atoms with Crippen LogP contribution in [0, 0.1) is 6.92 Å². The average molecular weight is 201 g/mol. The Bertz CT molecular complexity index is 306. The summed E-state index contributed by atoms with van der Waals surface area (Å²) in [5, 5.41) is 9.42. The first kappa shape index (κ1) is 9.02. The number of rotatable bonds is 2. The van der Waals surface area contributed by atoms with Gasteiger partial charge in [-0.3, -0.25) is 0 Å². The third-order valence-electron chi connectivity index (χ3n) is 2.29. The Morgan fingerprint density at radius 3 is 2.77 bits per heavy atom. The molecule has 5 heteroatoms. The fourth-order valence-electron chi connectivity index (χ4n) is 1.70. The molecule has 0 atom stereocenters. The summed E-state index contributed by atoms with van der Waals surface area (Å²) in [5.41, 5.74) is 4.43. The van der Waals surface area contributed by atoms with Crippen LogP contribution in [0.4, 0.5) is 4.39 Å². The quantitative estimate of drug-likeness (QED) is 0.782. The molecule has 2 rings (SSSR count). The van der Waals surface area contributed by atoms with Crippen LogP contribution < -0.4 is 5.73 Å². The monoisotopic (exact) mass is 201 g/mol. The fourth-order valence-corrected chi connectivity index (χ4v) is 2.54. The van der Waals surface area contributed by atoms with E-state index >= 15 is 0 Å². The molecule has 2 N–H and O–H groups in total. The van der Waals surface area contributed by atoms with Gasteiger partial charge in [0, 0.05) is 12.5 Å². The summed E-state index contributed by atoms with van der Waals surface area (Å²) in [6.07, 6.45) is 1.31. The van der Waals surface area contributed by atoms with Gasteiger partial charge in [-0.05, 0) is 19.8 Å². The fraction of sp³-hybridized carbons (Fsp3) is 0.750. The van der Waals surface area contributed by atoms with Crippen LogP contribution in [0.15, 0.2) is 0 Å². The van der Waals surface area contributed by atoms with Gasteiger partial charge >= 0.3 is 0 Å². The van der Waals surface area contributed by atoms with Gasteiger partial charge in [-0.25, -0.2) is 4.39 Å². The zero-order valence-corrected chi connectivity index (χ0v) is 8.27. The van der Waals surface area contributed by atoms with E-state index in [4.69, 9.17) is 5.73 Å². The van der Waals surface area contributed by atoms with Crippen molar-refractivity contribution in [2.75, 3.05) is 0 Å². The molecular weight excluding hydrogens is 189 g/mol. The first-order valence-electron chi connectivity index (χ1n) is 4.31. The lowest BCUT2D eigenvalue weighted by Gasteiger charge is -2.38. The van der Waals surface area contributed by atoms with Crippen molar-refractivity contribution in [3.05, 3.63) is 10.0 Å². The average Bonchev–Trinajstić information content (AvgIpc) is 2.32. The summed E-state index contributed by atoms with van der Waals surface area (Å²) in [6.45, 7) is 1.87. The predicted molar refractivity (Wildman–Crippen MR) is 49.4 cm³/mol. The second-order valence-electron chi connectivity index (χ2n) is 3.71. The predicted octanol–water partition coefficient (Wildman–Crippen LogP) is 1.22. The highest BCUT2D eigenvalue weighted by Crippen LogP contribution is 2.38. The second kappa shape index (κ2) is 2.99. The van der Waals surface area contributed by atoms with Gasteiger partial charge in [0.25, 0.3) is 0 Å². The largest absolute Gasteiger partial charge is 0.327 e. The zero-order valence-electron chi connectivity index (χ0n) is 7.46. The van der Waals surface area contributed by atoms with Crippen molar-refractivity contribution in [3.8, 4) is 0 Å². The van der Waals surface area contributed by atoms with E-state index in [-0.39, 0.29) is 6.04 Å². The molecule has 0 saturated heterocycles. The smallest absolute Gasteiger partial charge is 0.120 e. The number of alkyl halides is 1. The van der Waals surface area contributed by atoms with E-state index in [2.05, 4.69) is 10.2 Å². The topological polar surface area (TPSA) is 51.8 Å². The lowest BCUT2D eigenvalue weighted by atomic mass is 9.76. The van der Waals surface area contributed by atoms with Crippen LogP contribution in [0.5, 0.6) is 0 Å². The Morgan fingerprint density at radius 1 is 1.62 bits per heavy atom. The van der Waals surface area contributed by atoms with Gasteiger partial charge in [-0.15, -0.1) is 21.5 Å². The van der Waals surface area contributed by atoms with Crippen molar-refractivity contribution in [3.63, 3.8) is 0 Å². The van der Waals surface area contributed by atoms with Crippen LogP contribution in [-0.4, -0.2) is 21.9 Å². The summed E-state index contributed by atoms with van der Waals surface area (Å²) in [7, 11) is 0. The van der Waals surface area contributed by atoms with Crippen molar-refractivity contribution in [1.29, 1.82) is 0 Å². The number of nitrogens with two attached hydrogens (primary N) is 1. The maximum Gasteiger partial charge on any atom is 0.120 e. The molecule has 0 aliphatic heterocycles. The lowest BCUT2D eigenvalue weighted by Crippen LogP contribution is -2.49. The Kier molecular flexibility index (Phi) is 2.08. The number of hydrogen-bond acceptors (Lipinski definition) is 4. The molecule has 0 spiro atoms. The zero-order chi connectivity index (χ0) is 9.47. The van der Waals surface area contributed by atoms with E-state index in [0.717, 1.165) is 10.0 Å². The molecule has 72 valence electrons. The molecule has 1 aliphatic rings. The van der Waals surface area contributed by atoms with Gasteiger partial charge in [0.1, 0.15) is 15.7 Å². The first-order chi connectivity index (χ1) is 6.07. The molecule has 1 fully saturated rings. The molecule has 0 bridgehead atoms. The standard InChI is InChI=1S/C8H12FN3S/c1-5-11-12-7(13-5)4-8(9)2-6(10)3-8/h6H,2-4,10H2,1H3. The Balaban J connectivity index is 1.99. The summed E-state index contributed by atoms with van der Waals surface area (Å²) >= 11 is 1.46. The molecule has 0 amide bonds. The number of aromatic nitrogens is 2. The van der Waals surface area contributed by atoms with Crippen molar-refractivity contribution in [2.45, 2.75) is 37.9 Å². The molecule has 13 heavy (non-hydrogen) atoms. The molecular formula is C8H12FN3S. The first-order valence-corrected chi connectivity index (χ1v) is 5.12. The molecule has 3 nitrogen and oxygen atoms in total. The van der Waals surface area contributed by atoms with Crippen LogP contribution in [0.25, 0.3) is 0 Å². The van der Waals surface area contributed by atoms with Gasteiger partial charge in [0.15, 0.2) is 0 Å². The van der Waals surface area contributed by atoms with Gasteiger partial charge in [0.05, 0.1) is 0 Å². The third kappa shape index (κ3) is 1.86. The third-order valence-corrected chi connectivity index (χ3v) is 3.13. The summed E-state index contributed by atoms with van der Waals surface area (Å²) in [4.78, 5) is 0. The SMILES string of the molecule is Cc1nnc(CC2(F)CC(N)C2)s1. The number of halogens is 1. The van der Waals surface area contributed by atoms with E-state index in [1.54, 1.807) is 0 Å². The van der Waals surface area contributed by atoms with Crippen molar-refractivity contribution < 1.29 is 4.39 Å². The molecule has 1 aromatic heterocycles. The van der Waals surface area contributed by atoms with Crippen molar-refractivity contribution >= 4 is 11.3 Å². The maximum absolute atomic E-state index is 13.7. The normalized spacial score (nSPS) is 33.0. The van der Waals surface area contributed by atoms with Gasteiger partial charge < -0.3 is 5.73 Å². The van der Waals surface area contributed by atoms with Gasteiger partial charge in [0.2, 0.25) is 0 Å². The minimum atomic E-state index is -1.11. The van der Waals surface area contributed by atoms with E-state index in [1.807, 2.05) is 6.92 Å². The summed E-state index contributed by atoms with van der Waals surface area (Å²) in [6, 6.07) is 0.0408. The molecule has 0 aromatic carbocycles. The highest BCUT2D eigenvalue weighted by molar-refractivity contribution is 7.11. The van der Waals surface area contributed by atoms with Gasteiger partial charge in [-0.2, -0.15) is 0 Å². The van der Waals surface area contributed by atoms with Crippen LogP contribution in [0.1, 0.15) is 22.9 Å². The van der Waals surface area contributed by atoms with E-state index in [0.29, 0.717) is 19.3 Å².